The number of hydrogen-bond donors (Lipinski definition) is 6. The zero-order chi connectivity index (χ0) is 30.0. The van der Waals surface area contributed by atoms with Gasteiger partial charge >= 0.3 is 5.97 Å². The standard InChI is InChI=1S/C28H37N5O7/c1-15(2)24(31-17(4)34)28(40)33-22(14-19-10-7-9-18-8-5-6-11-20(18)19)27(39)30-16(3)26(38)32-21(25(29)37)12-13-23(35)36/h5-11,15-16,21-22,24H,12-14H2,1-4H3,(H2,29,37)(H,30,39)(H,31,34)(H,32,38)(H,33,40)(H,35,36)/t16-,21?,22?,24?/m1/s1. The van der Waals surface area contributed by atoms with Gasteiger partial charge in [0.25, 0.3) is 0 Å². The first kappa shape index (κ1) is 31.7. The summed E-state index contributed by atoms with van der Waals surface area (Å²) >= 11 is 0. The first-order chi connectivity index (χ1) is 18.8. The molecule has 0 heterocycles. The molecule has 0 bridgehead atoms. The zero-order valence-electron chi connectivity index (χ0n) is 23.0. The maximum atomic E-state index is 13.4. The van der Waals surface area contributed by atoms with E-state index >= 15 is 0 Å². The van der Waals surface area contributed by atoms with Gasteiger partial charge in [-0.25, -0.2) is 0 Å². The first-order valence-corrected chi connectivity index (χ1v) is 13.0. The molecule has 2 rings (SSSR count). The molecule has 12 heteroatoms. The smallest absolute Gasteiger partial charge is 0.303 e. The second-order valence-corrected chi connectivity index (χ2v) is 9.95. The number of carbonyl (C=O) groups is 6. The largest absolute Gasteiger partial charge is 0.481 e. The van der Waals surface area contributed by atoms with Crippen LogP contribution in [0.25, 0.3) is 10.8 Å². The van der Waals surface area contributed by atoms with Crippen molar-refractivity contribution >= 4 is 46.3 Å². The van der Waals surface area contributed by atoms with Crippen LogP contribution in [0.4, 0.5) is 0 Å². The number of fused-ring (bicyclic) bond motifs is 1. The summed E-state index contributed by atoms with van der Waals surface area (Å²) in [6, 6.07) is 8.74. The van der Waals surface area contributed by atoms with Crippen LogP contribution in [0.15, 0.2) is 42.5 Å². The topological polar surface area (TPSA) is 197 Å². The van der Waals surface area contributed by atoms with Gasteiger partial charge in [-0.1, -0.05) is 56.3 Å². The molecule has 0 aliphatic heterocycles. The van der Waals surface area contributed by atoms with Gasteiger partial charge in [0, 0.05) is 19.8 Å². The highest BCUT2D eigenvalue weighted by Gasteiger charge is 2.31. The van der Waals surface area contributed by atoms with Crippen LogP contribution in [0, 0.1) is 5.92 Å². The lowest BCUT2D eigenvalue weighted by atomic mass is 9.97. The van der Waals surface area contributed by atoms with E-state index in [1.165, 1.54) is 13.8 Å². The summed E-state index contributed by atoms with van der Waals surface area (Å²) in [7, 11) is 0. The van der Waals surface area contributed by atoms with Crippen molar-refractivity contribution in [2.75, 3.05) is 0 Å². The van der Waals surface area contributed by atoms with E-state index in [4.69, 9.17) is 10.8 Å². The van der Waals surface area contributed by atoms with E-state index in [0.717, 1.165) is 16.3 Å². The highest BCUT2D eigenvalue weighted by Crippen LogP contribution is 2.20. The summed E-state index contributed by atoms with van der Waals surface area (Å²) < 4.78 is 0. The van der Waals surface area contributed by atoms with Gasteiger partial charge in [0.05, 0.1) is 0 Å². The van der Waals surface area contributed by atoms with Gasteiger partial charge in [-0.2, -0.15) is 0 Å². The average molecular weight is 556 g/mol. The third-order valence-corrected chi connectivity index (χ3v) is 6.30. The third kappa shape index (κ3) is 9.37. The summed E-state index contributed by atoms with van der Waals surface area (Å²) in [6.07, 6.45) is -0.518. The molecule has 216 valence electrons. The number of carboxylic acid groups (broad SMARTS) is 1. The highest BCUT2D eigenvalue weighted by molar-refractivity contribution is 5.96. The maximum Gasteiger partial charge on any atom is 0.303 e. The van der Waals surface area contributed by atoms with Crippen LogP contribution in [0.1, 0.15) is 46.1 Å². The Morgan fingerprint density at radius 1 is 0.800 bits per heavy atom. The van der Waals surface area contributed by atoms with Crippen molar-refractivity contribution in [2.45, 2.75) is 71.1 Å². The molecule has 0 saturated carbocycles. The van der Waals surface area contributed by atoms with E-state index in [1.807, 2.05) is 42.5 Å². The molecule has 0 fully saturated rings. The number of aliphatic carboxylic acids is 1. The van der Waals surface area contributed by atoms with Gasteiger partial charge in [-0.05, 0) is 35.6 Å². The number of amides is 5. The second kappa shape index (κ2) is 14.6. The lowest BCUT2D eigenvalue weighted by Gasteiger charge is -2.26. The Hall–Kier alpha value is -4.48. The number of hydrogen-bond acceptors (Lipinski definition) is 6. The molecular weight excluding hydrogens is 518 g/mol. The van der Waals surface area contributed by atoms with Gasteiger partial charge in [0.2, 0.25) is 29.5 Å². The molecular formula is C28H37N5O7. The van der Waals surface area contributed by atoms with E-state index in [9.17, 15) is 28.8 Å². The molecule has 3 unspecified atom stereocenters. The van der Waals surface area contributed by atoms with Crippen LogP contribution in [0.2, 0.25) is 0 Å². The maximum absolute atomic E-state index is 13.4. The molecule has 2 aromatic rings. The first-order valence-electron chi connectivity index (χ1n) is 13.0. The van der Waals surface area contributed by atoms with Gasteiger partial charge in [0.1, 0.15) is 24.2 Å². The minimum Gasteiger partial charge on any atom is -0.481 e. The molecule has 0 aromatic heterocycles. The van der Waals surface area contributed by atoms with Gasteiger partial charge < -0.3 is 32.1 Å². The van der Waals surface area contributed by atoms with Crippen molar-refractivity contribution in [1.29, 1.82) is 0 Å². The molecule has 0 radical (unpaired) electrons. The molecule has 7 N–H and O–H groups in total. The Labute approximate surface area is 232 Å². The Morgan fingerprint density at radius 2 is 1.43 bits per heavy atom. The highest BCUT2D eigenvalue weighted by atomic mass is 16.4. The van der Waals surface area contributed by atoms with Crippen LogP contribution >= 0.6 is 0 Å². The Balaban J connectivity index is 2.28. The Bertz CT molecular complexity index is 1260. The minimum absolute atomic E-state index is 0.0840. The number of nitrogens with one attached hydrogen (secondary N) is 4. The summed E-state index contributed by atoms with van der Waals surface area (Å²) in [6.45, 7) is 6.18. The number of rotatable bonds is 14. The molecule has 5 amide bonds. The number of carboxylic acids is 1. The third-order valence-electron chi connectivity index (χ3n) is 6.30. The van der Waals surface area contributed by atoms with Crippen LogP contribution in [0.3, 0.4) is 0 Å². The van der Waals surface area contributed by atoms with Crippen molar-refractivity contribution in [1.82, 2.24) is 21.3 Å². The average Bonchev–Trinajstić information content (AvgIpc) is 2.88. The van der Waals surface area contributed by atoms with Crippen molar-refractivity contribution < 1.29 is 33.9 Å². The fourth-order valence-corrected chi connectivity index (χ4v) is 4.14. The molecule has 12 nitrogen and oxygen atoms in total. The predicted molar refractivity (Wildman–Crippen MR) is 148 cm³/mol. The zero-order valence-corrected chi connectivity index (χ0v) is 23.0. The van der Waals surface area contributed by atoms with E-state index in [2.05, 4.69) is 21.3 Å². The van der Waals surface area contributed by atoms with E-state index in [1.54, 1.807) is 13.8 Å². The molecule has 0 aliphatic carbocycles. The van der Waals surface area contributed by atoms with Crippen LogP contribution in [0.5, 0.6) is 0 Å². The number of nitrogens with two attached hydrogens (primary N) is 1. The van der Waals surface area contributed by atoms with E-state index in [0.29, 0.717) is 0 Å². The van der Waals surface area contributed by atoms with Crippen molar-refractivity contribution in [3.8, 4) is 0 Å². The van der Waals surface area contributed by atoms with Crippen molar-refractivity contribution in [3.05, 3.63) is 48.0 Å². The lowest BCUT2D eigenvalue weighted by Crippen LogP contribution is -2.58. The molecule has 2 aromatic carbocycles. The molecule has 40 heavy (non-hydrogen) atoms. The molecule has 0 saturated heterocycles. The normalized spacial score (nSPS) is 13.9. The summed E-state index contributed by atoms with van der Waals surface area (Å²) in [5, 5.41) is 20.9. The van der Waals surface area contributed by atoms with Gasteiger partial charge in [-0.3, -0.25) is 28.8 Å². The fraction of sp³-hybridized carbons (Fsp3) is 0.429. The molecule has 0 aliphatic rings. The monoisotopic (exact) mass is 555 g/mol. The van der Waals surface area contributed by atoms with Crippen LogP contribution in [-0.4, -0.2) is 64.8 Å². The summed E-state index contributed by atoms with van der Waals surface area (Å²) in [5.41, 5.74) is 6.06. The fourth-order valence-electron chi connectivity index (χ4n) is 4.14. The second-order valence-electron chi connectivity index (χ2n) is 9.95. The lowest BCUT2D eigenvalue weighted by molar-refractivity contribution is -0.138. The van der Waals surface area contributed by atoms with E-state index < -0.39 is 59.7 Å². The number of primary amides is 1. The van der Waals surface area contributed by atoms with E-state index in [-0.39, 0.29) is 25.2 Å². The Kier molecular flexibility index (Phi) is 11.6. The SMILES string of the molecule is CC(=O)NC(C(=O)NC(Cc1cccc2ccccc12)C(=O)N[C@H](C)C(=O)NC(CCC(=O)O)C(N)=O)C(C)C. The predicted octanol–water partition coefficient (Wildman–Crippen LogP) is 0.367. The Morgan fingerprint density at radius 3 is 2.02 bits per heavy atom. The summed E-state index contributed by atoms with van der Waals surface area (Å²) in [5.74, 6) is -4.73. The van der Waals surface area contributed by atoms with Gasteiger partial charge in [-0.15, -0.1) is 0 Å². The number of benzene rings is 2. The minimum atomic E-state index is -1.24. The summed E-state index contributed by atoms with van der Waals surface area (Å²) in [4.78, 5) is 73.5. The molecule has 4 atom stereocenters. The van der Waals surface area contributed by atoms with Crippen LogP contribution in [-0.2, 0) is 35.2 Å². The quantitative estimate of drug-likeness (QED) is 0.193. The van der Waals surface area contributed by atoms with Gasteiger partial charge in [0.15, 0.2) is 0 Å². The van der Waals surface area contributed by atoms with Crippen molar-refractivity contribution in [3.63, 3.8) is 0 Å². The molecule has 0 spiro atoms. The number of carbonyl (C=O) groups excluding carboxylic acids is 5. The van der Waals surface area contributed by atoms with Crippen LogP contribution < -0.4 is 27.0 Å². The van der Waals surface area contributed by atoms with Crippen molar-refractivity contribution in [2.24, 2.45) is 11.7 Å².